The molecule has 0 radical (unpaired) electrons. The first-order valence-electron chi connectivity index (χ1n) is 2.29. The maximum absolute atomic E-state index is 5.37. The van der Waals surface area contributed by atoms with Crippen molar-refractivity contribution in [3.05, 3.63) is 5.01 Å². The quantitative estimate of drug-likeness (QED) is 0.394. The van der Waals surface area contributed by atoms with Crippen molar-refractivity contribution in [1.82, 2.24) is 5.10 Å². The second-order valence-corrected chi connectivity index (χ2v) is 2.80. The molecule has 0 fully saturated rings. The molecule has 0 unspecified atom stereocenters. The zero-order chi connectivity index (χ0) is 6.15. The molecule has 0 aliphatic rings. The van der Waals surface area contributed by atoms with Crippen molar-refractivity contribution in [3.8, 4) is 0 Å². The zero-order valence-corrected chi connectivity index (χ0v) is 8.23. The zero-order valence-electron chi connectivity index (χ0n) is 5.26. The summed E-state index contributed by atoms with van der Waals surface area (Å²) < 4.78 is 1.76. The molecular formula is C4H8IN3S. The van der Waals surface area contributed by atoms with E-state index in [1.807, 2.05) is 14.0 Å². The third-order valence-corrected chi connectivity index (χ3v) is 1.81. The summed E-state index contributed by atoms with van der Waals surface area (Å²) in [4.78, 5) is 0. The van der Waals surface area contributed by atoms with E-state index in [1.54, 1.807) is 4.68 Å². The van der Waals surface area contributed by atoms with Crippen molar-refractivity contribution in [3.63, 3.8) is 0 Å². The fraction of sp³-hybridized carbons (Fsp3) is 0.500. The summed E-state index contributed by atoms with van der Waals surface area (Å²) in [5.74, 6) is 0. The largest absolute Gasteiger partial charge is 1.00 e. The first-order valence-corrected chi connectivity index (χ1v) is 3.11. The summed E-state index contributed by atoms with van der Waals surface area (Å²) >= 11 is 1.50. The van der Waals surface area contributed by atoms with Crippen molar-refractivity contribution in [2.24, 2.45) is 7.05 Å². The summed E-state index contributed by atoms with van der Waals surface area (Å²) in [5, 5.41) is 5.68. The third kappa shape index (κ3) is 2.05. The molecule has 0 saturated carbocycles. The minimum Gasteiger partial charge on any atom is -1.00 e. The molecule has 0 bridgehead atoms. The number of hydrogen-bond acceptors (Lipinski definition) is 3. The first kappa shape index (κ1) is 9.09. The van der Waals surface area contributed by atoms with Crippen LogP contribution in [0.4, 0.5) is 5.13 Å². The second kappa shape index (κ2) is 3.31. The van der Waals surface area contributed by atoms with Gasteiger partial charge < -0.3 is 29.7 Å². The van der Waals surface area contributed by atoms with E-state index in [9.17, 15) is 0 Å². The Kier molecular flexibility index (Phi) is 3.34. The SMILES string of the molecule is Cc1sc(N)n[n+]1C.[I-]. The van der Waals surface area contributed by atoms with Crippen LogP contribution in [0.5, 0.6) is 0 Å². The molecule has 1 aromatic heterocycles. The van der Waals surface area contributed by atoms with Gasteiger partial charge in [-0.3, -0.25) is 0 Å². The van der Waals surface area contributed by atoms with Crippen LogP contribution in [0.3, 0.4) is 0 Å². The van der Waals surface area contributed by atoms with Crippen LogP contribution >= 0.6 is 11.3 Å². The Morgan fingerprint density at radius 3 is 2.33 bits per heavy atom. The van der Waals surface area contributed by atoms with Gasteiger partial charge in [0.05, 0.1) is 0 Å². The van der Waals surface area contributed by atoms with E-state index in [4.69, 9.17) is 5.73 Å². The normalized spacial score (nSPS) is 8.67. The molecule has 1 rings (SSSR count). The Morgan fingerprint density at radius 2 is 2.22 bits per heavy atom. The van der Waals surface area contributed by atoms with Gasteiger partial charge in [0.25, 0.3) is 10.1 Å². The lowest BCUT2D eigenvalue weighted by Gasteiger charge is -1.69. The highest BCUT2D eigenvalue weighted by Crippen LogP contribution is 2.05. The smallest absolute Gasteiger partial charge is 0.263 e. The molecule has 9 heavy (non-hydrogen) atoms. The van der Waals surface area contributed by atoms with Crippen LogP contribution in [-0.2, 0) is 7.05 Å². The molecule has 0 aromatic carbocycles. The molecule has 0 atom stereocenters. The highest BCUT2D eigenvalue weighted by molar-refractivity contribution is 7.14. The van der Waals surface area contributed by atoms with Gasteiger partial charge in [-0.15, -0.1) is 0 Å². The van der Waals surface area contributed by atoms with E-state index in [0.717, 1.165) is 5.01 Å². The molecule has 0 saturated heterocycles. The van der Waals surface area contributed by atoms with Gasteiger partial charge in [0, 0.05) is 12.0 Å². The first-order chi connectivity index (χ1) is 3.70. The Morgan fingerprint density at radius 1 is 1.67 bits per heavy atom. The Hall–Kier alpha value is 0.0900. The lowest BCUT2D eigenvalue weighted by atomic mass is 10.8. The van der Waals surface area contributed by atoms with E-state index in [0.29, 0.717) is 5.13 Å². The maximum atomic E-state index is 5.37. The molecule has 52 valence electrons. The minimum atomic E-state index is 0. The topological polar surface area (TPSA) is 42.8 Å². The van der Waals surface area contributed by atoms with Gasteiger partial charge >= 0.3 is 0 Å². The Bertz CT molecular complexity index is 178. The van der Waals surface area contributed by atoms with Gasteiger partial charge in [-0.05, 0) is 11.3 Å². The summed E-state index contributed by atoms with van der Waals surface area (Å²) in [5.41, 5.74) is 5.37. The molecule has 0 amide bonds. The number of aryl methyl sites for hydroxylation is 2. The van der Waals surface area contributed by atoms with Crippen LogP contribution in [0.2, 0.25) is 0 Å². The van der Waals surface area contributed by atoms with E-state index in [1.165, 1.54) is 11.3 Å². The summed E-state index contributed by atoms with van der Waals surface area (Å²) in [6.07, 6.45) is 0. The van der Waals surface area contributed by atoms with Gasteiger partial charge in [-0.2, -0.15) is 0 Å². The van der Waals surface area contributed by atoms with Gasteiger partial charge in [-0.25, -0.2) is 0 Å². The monoisotopic (exact) mass is 257 g/mol. The standard InChI is InChI=1S/C4H8N3S.HI/c1-3-7(2)6-4(5)8-3;/h1-2H3,(H2,5,6);1H/q+1;/p-1. The van der Waals surface area contributed by atoms with Crippen molar-refractivity contribution in [1.29, 1.82) is 0 Å². The average Bonchev–Trinajstić information content (AvgIpc) is 1.85. The minimum absolute atomic E-state index is 0. The molecular weight excluding hydrogens is 249 g/mol. The molecule has 1 aromatic rings. The number of nitrogens with zero attached hydrogens (tertiary/aromatic N) is 2. The van der Waals surface area contributed by atoms with E-state index < -0.39 is 0 Å². The number of nitrogens with two attached hydrogens (primary N) is 1. The van der Waals surface area contributed by atoms with Crippen molar-refractivity contribution in [2.45, 2.75) is 6.92 Å². The molecule has 1 heterocycles. The number of rotatable bonds is 0. The number of anilines is 1. The number of hydrogen-bond donors (Lipinski definition) is 1. The van der Waals surface area contributed by atoms with Crippen molar-refractivity contribution < 1.29 is 28.7 Å². The second-order valence-electron chi connectivity index (χ2n) is 1.58. The third-order valence-electron chi connectivity index (χ3n) is 0.957. The number of halogens is 1. The summed E-state index contributed by atoms with van der Waals surface area (Å²) in [6.45, 7) is 1.98. The van der Waals surface area contributed by atoms with Crippen molar-refractivity contribution >= 4 is 16.5 Å². The van der Waals surface area contributed by atoms with Gasteiger partial charge in [0.2, 0.25) is 0 Å². The highest BCUT2D eigenvalue weighted by Gasteiger charge is 2.05. The fourth-order valence-corrected chi connectivity index (χ4v) is 1.09. The van der Waals surface area contributed by atoms with Crippen LogP contribution < -0.4 is 34.4 Å². The fourth-order valence-electron chi connectivity index (χ4n) is 0.456. The van der Waals surface area contributed by atoms with Crippen LogP contribution in [0.15, 0.2) is 0 Å². The van der Waals surface area contributed by atoms with Crippen LogP contribution in [-0.4, -0.2) is 5.10 Å². The number of aromatic nitrogens is 2. The average molecular weight is 257 g/mol. The lowest BCUT2D eigenvalue weighted by molar-refractivity contribution is -0.729. The van der Waals surface area contributed by atoms with E-state index in [2.05, 4.69) is 5.10 Å². The Labute approximate surface area is 74.9 Å². The molecule has 0 aliphatic heterocycles. The van der Waals surface area contributed by atoms with Crippen molar-refractivity contribution in [2.75, 3.05) is 5.73 Å². The van der Waals surface area contributed by atoms with Gasteiger partial charge in [0.1, 0.15) is 0 Å². The summed E-state index contributed by atoms with van der Waals surface area (Å²) in [7, 11) is 1.88. The summed E-state index contributed by atoms with van der Waals surface area (Å²) in [6, 6.07) is 0. The molecule has 3 nitrogen and oxygen atoms in total. The predicted molar refractivity (Wildman–Crippen MR) is 32.4 cm³/mol. The van der Waals surface area contributed by atoms with Gasteiger partial charge in [-0.1, -0.05) is 4.68 Å². The number of nitrogen functional groups attached to an aromatic ring is 1. The highest BCUT2D eigenvalue weighted by atomic mass is 127. The molecule has 5 heteroatoms. The van der Waals surface area contributed by atoms with E-state index in [-0.39, 0.29) is 24.0 Å². The van der Waals surface area contributed by atoms with Crippen LogP contribution in [0, 0.1) is 6.92 Å². The maximum Gasteiger partial charge on any atom is 0.263 e. The molecule has 0 spiro atoms. The van der Waals surface area contributed by atoms with Crippen LogP contribution in [0.25, 0.3) is 0 Å². The molecule has 2 N–H and O–H groups in total. The van der Waals surface area contributed by atoms with E-state index >= 15 is 0 Å². The van der Waals surface area contributed by atoms with Gasteiger partial charge in [0.15, 0.2) is 7.05 Å². The predicted octanol–water partition coefficient (Wildman–Crippen LogP) is -3.14. The van der Waals surface area contributed by atoms with Crippen LogP contribution in [0.1, 0.15) is 5.01 Å². The molecule has 0 aliphatic carbocycles. The Balaban J connectivity index is 0.000000640. The lowest BCUT2D eigenvalue weighted by Crippen LogP contribution is -3.00.